The van der Waals surface area contributed by atoms with Gasteiger partial charge in [0.25, 0.3) is 0 Å². The van der Waals surface area contributed by atoms with E-state index in [1.54, 1.807) is 4.68 Å². The fourth-order valence-corrected chi connectivity index (χ4v) is 2.32. The van der Waals surface area contributed by atoms with Crippen LogP contribution in [0.4, 0.5) is 5.82 Å². The van der Waals surface area contributed by atoms with Gasteiger partial charge in [0.05, 0.1) is 18.8 Å². The van der Waals surface area contributed by atoms with Gasteiger partial charge in [0.15, 0.2) is 12.6 Å². The molecule has 7 heteroatoms. The molecule has 3 rings (SSSR count). The second-order valence-corrected chi connectivity index (χ2v) is 4.82. The first-order valence-electron chi connectivity index (χ1n) is 5.82. The Bertz CT molecular complexity index is 626. The summed E-state index contributed by atoms with van der Waals surface area (Å²) in [5.74, 6) is 1.24. The van der Waals surface area contributed by atoms with Crippen LogP contribution in [0.3, 0.4) is 0 Å². The van der Waals surface area contributed by atoms with Crippen LogP contribution in [0.5, 0.6) is 5.75 Å². The topological polar surface area (TPSA) is 75.2 Å². The van der Waals surface area contributed by atoms with Crippen LogP contribution in [0.15, 0.2) is 12.1 Å². The molecule has 19 heavy (non-hydrogen) atoms. The number of ether oxygens (including phenoxy) is 2. The highest BCUT2D eigenvalue weighted by atomic mass is 35.5. The van der Waals surface area contributed by atoms with Crippen LogP contribution in [-0.4, -0.2) is 21.8 Å². The lowest BCUT2D eigenvalue weighted by Gasteiger charge is -2.21. The average molecular weight is 281 g/mol. The minimum Gasteiger partial charge on any atom is -0.467 e. The Morgan fingerprint density at radius 2 is 2.32 bits per heavy atom. The molecular formula is C12H13ClN4O2. The highest BCUT2D eigenvalue weighted by Gasteiger charge is 2.17. The molecule has 0 bridgehead atoms. The van der Waals surface area contributed by atoms with Gasteiger partial charge in [-0.05, 0) is 19.1 Å². The zero-order chi connectivity index (χ0) is 13.4. The standard InChI is InChI=1S/C12H13ClN4O2/c1-7-12(14)15-16-17(7)4-8-2-10(13)3-9-5-18-6-19-11(8)9/h2-3H,4-6,14H2,1H3. The fourth-order valence-electron chi connectivity index (χ4n) is 2.06. The molecule has 0 radical (unpaired) electrons. The first kappa shape index (κ1) is 12.3. The third-order valence-corrected chi connectivity index (χ3v) is 3.31. The van der Waals surface area contributed by atoms with Crippen molar-refractivity contribution < 1.29 is 9.47 Å². The van der Waals surface area contributed by atoms with Gasteiger partial charge in [-0.25, -0.2) is 4.68 Å². The van der Waals surface area contributed by atoms with Gasteiger partial charge >= 0.3 is 0 Å². The molecule has 6 nitrogen and oxygen atoms in total. The summed E-state index contributed by atoms with van der Waals surface area (Å²) in [6.45, 7) is 3.14. The molecule has 1 aliphatic heterocycles. The van der Waals surface area contributed by atoms with Gasteiger partial charge in [-0.3, -0.25) is 0 Å². The number of anilines is 1. The van der Waals surface area contributed by atoms with E-state index in [2.05, 4.69) is 10.3 Å². The van der Waals surface area contributed by atoms with Crippen molar-refractivity contribution in [3.63, 3.8) is 0 Å². The SMILES string of the molecule is Cc1c(N)nnn1Cc1cc(Cl)cc2c1OCOC2. The Kier molecular flexibility index (Phi) is 3.04. The Morgan fingerprint density at radius 3 is 3.05 bits per heavy atom. The maximum atomic E-state index is 6.11. The summed E-state index contributed by atoms with van der Waals surface area (Å²) in [5.41, 5.74) is 8.40. The molecule has 0 saturated carbocycles. The fraction of sp³-hybridized carbons (Fsp3) is 0.333. The Labute approximate surface area is 115 Å². The molecule has 100 valence electrons. The molecule has 0 saturated heterocycles. The number of aromatic nitrogens is 3. The van der Waals surface area contributed by atoms with Crippen LogP contribution in [-0.2, 0) is 17.9 Å². The van der Waals surface area contributed by atoms with Gasteiger partial charge in [0, 0.05) is 16.1 Å². The number of benzene rings is 1. The summed E-state index contributed by atoms with van der Waals surface area (Å²) >= 11 is 6.11. The van der Waals surface area contributed by atoms with Crippen molar-refractivity contribution in [2.75, 3.05) is 12.5 Å². The number of nitrogens with two attached hydrogens (primary N) is 1. The van der Waals surface area contributed by atoms with Crippen LogP contribution in [0.25, 0.3) is 0 Å². The van der Waals surface area contributed by atoms with E-state index in [0.29, 0.717) is 24.0 Å². The van der Waals surface area contributed by atoms with Gasteiger partial charge in [-0.2, -0.15) is 0 Å². The second kappa shape index (κ2) is 4.71. The quantitative estimate of drug-likeness (QED) is 0.907. The van der Waals surface area contributed by atoms with E-state index in [9.17, 15) is 0 Å². The molecule has 0 unspecified atom stereocenters. The van der Waals surface area contributed by atoms with Crippen molar-refractivity contribution in [1.29, 1.82) is 0 Å². The summed E-state index contributed by atoms with van der Waals surface area (Å²) in [4.78, 5) is 0. The molecule has 2 heterocycles. The summed E-state index contributed by atoms with van der Waals surface area (Å²) in [5, 5.41) is 8.49. The number of nitrogen functional groups attached to an aromatic ring is 1. The molecule has 2 N–H and O–H groups in total. The minimum absolute atomic E-state index is 0.250. The first-order chi connectivity index (χ1) is 9.15. The van der Waals surface area contributed by atoms with E-state index in [0.717, 1.165) is 22.6 Å². The van der Waals surface area contributed by atoms with Crippen LogP contribution < -0.4 is 10.5 Å². The second-order valence-electron chi connectivity index (χ2n) is 4.38. The summed E-state index contributed by atoms with van der Waals surface area (Å²) in [7, 11) is 0. The lowest BCUT2D eigenvalue weighted by Crippen LogP contribution is -2.15. The smallest absolute Gasteiger partial charge is 0.189 e. The minimum atomic E-state index is 0.250. The number of rotatable bonds is 2. The number of fused-ring (bicyclic) bond motifs is 1. The Hall–Kier alpha value is -1.79. The van der Waals surface area contributed by atoms with Crippen LogP contribution in [0.2, 0.25) is 5.02 Å². The highest BCUT2D eigenvalue weighted by molar-refractivity contribution is 6.30. The average Bonchev–Trinajstić information content (AvgIpc) is 2.70. The third-order valence-electron chi connectivity index (χ3n) is 3.09. The predicted octanol–water partition coefficient (Wildman–Crippen LogP) is 1.74. The van der Waals surface area contributed by atoms with E-state index < -0.39 is 0 Å². The molecule has 0 spiro atoms. The number of hydrogen-bond acceptors (Lipinski definition) is 5. The van der Waals surface area contributed by atoms with Crippen molar-refractivity contribution in [3.8, 4) is 5.75 Å². The zero-order valence-corrected chi connectivity index (χ0v) is 11.1. The summed E-state index contributed by atoms with van der Waals surface area (Å²) in [6, 6.07) is 3.71. The number of hydrogen-bond donors (Lipinski definition) is 1. The maximum Gasteiger partial charge on any atom is 0.189 e. The number of nitrogens with zero attached hydrogens (tertiary/aromatic N) is 3. The van der Waals surface area contributed by atoms with Gasteiger partial charge in [-0.15, -0.1) is 5.10 Å². The van der Waals surface area contributed by atoms with Gasteiger partial charge in [0.1, 0.15) is 5.75 Å². The maximum absolute atomic E-state index is 6.11. The van der Waals surface area contributed by atoms with E-state index >= 15 is 0 Å². The molecule has 0 aliphatic carbocycles. The molecule has 1 aliphatic rings. The molecule has 0 fully saturated rings. The van der Waals surface area contributed by atoms with Crippen LogP contribution in [0, 0.1) is 6.92 Å². The number of halogens is 1. The van der Waals surface area contributed by atoms with Crippen molar-refractivity contribution in [3.05, 3.63) is 34.0 Å². The lowest BCUT2D eigenvalue weighted by molar-refractivity contribution is -0.0171. The van der Waals surface area contributed by atoms with Crippen molar-refractivity contribution >= 4 is 17.4 Å². The van der Waals surface area contributed by atoms with Gasteiger partial charge in [0.2, 0.25) is 0 Å². The van der Waals surface area contributed by atoms with E-state index in [1.807, 2.05) is 19.1 Å². The van der Waals surface area contributed by atoms with Gasteiger partial charge in [-0.1, -0.05) is 16.8 Å². The Balaban J connectivity index is 2.00. The van der Waals surface area contributed by atoms with Crippen molar-refractivity contribution in [2.45, 2.75) is 20.1 Å². The molecule has 2 aromatic rings. The third kappa shape index (κ3) is 2.24. The molecule has 0 amide bonds. The molecule has 1 aromatic heterocycles. The predicted molar refractivity (Wildman–Crippen MR) is 70.0 cm³/mol. The summed E-state index contributed by atoms with van der Waals surface area (Å²) < 4.78 is 12.5. The highest BCUT2D eigenvalue weighted by Crippen LogP contribution is 2.32. The summed E-state index contributed by atoms with van der Waals surface area (Å²) in [6.07, 6.45) is 0. The Morgan fingerprint density at radius 1 is 1.47 bits per heavy atom. The molecule has 0 atom stereocenters. The molecule has 1 aromatic carbocycles. The van der Waals surface area contributed by atoms with Crippen molar-refractivity contribution in [2.24, 2.45) is 0 Å². The first-order valence-corrected chi connectivity index (χ1v) is 6.20. The molecular weight excluding hydrogens is 268 g/mol. The van der Waals surface area contributed by atoms with Crippen LogP contribution in [0.1, 0.15) is 16.8 Å². The van der Waals surface area contributed by atoms with Crippen LogP contribution >= 0.6 is 11.6 Å². The zero-order valence-electron chi connectivity index (χ0n) is 10.4. The van der Waals surface area contributed by atoms with E-state index in [1.165, 1.54) is 0 Å². The lowest BCUT2D eigenvalue weighted by atomic mass is 10.1. The monoisotopic (exact) mass is 280 g/mol. The van der Waals surface area contributed by atoms with Crippen molar-refractivity contribution in [1.82, 2.24) is 15.0 Å². The van der Waals surface area contributed by atoms with Gasteiger partial charge < -0.3 is 15.2 Å². The largest absolute Gasteiger partial charge is 0.467 e. The normalized spacial score (nSPS) is 14.0. The van der Waals surface area contributed by atoms with E-state index in [4.69, 9.17) is 26.8 Å². The van der Waals surface area contributed by atoms with E-state index in [-0.39, 0.29) is 6.79 Å².